The standard InChI is InChI=1S/C20H23FN2O5S/c1-13(15-8-9-18-19(12-15)28-11-10-27-18)22-20(24)14(2)23(29(3,25)26)17-7-5-4-6-16(17)21/h4-9,12-14H,10-11H2,1-3H3,(H,22,24). The van der Waals surface area contributed by atoms with Crippen LogP contribution in [-0.2, 0) is 14.8 Å². The van der Waals surface area contributed by atoms with Crippen LogP contribution < -0.4 is 19.1 Å². The average Bonchev–Trinajstić information content (AvgIpc) is 2.68. The lowest BCUT2D eigenvalue weighted by molar-refractivity contribution is -0.122. The summed E-state index contributed by atoms with van der Waals surface area (Å²) < 4.78 is 50.6. The number of ether oxygens (including phenoxy) is 2. The second-order valence-electron chi connectivity index (χ2n) is 6.82. The van der Waals surface area contributed by atoms with E-state index >= 15 is 0 Å². The number of halogens is 1. The molecule has 0 fully saturated rings. The molecular weight excluding hydrogens is 399 g/mol. The number of carbonyl (C=O) groups excluding carboxylic acids is 1. The Morgan fingerprint density at radius 2 is 1.76 bits per heavy atom. The Morgan fingerprint density at radius 3 is 2.41 bits per heavy atom. The van der Waals surface area contributed by atoms with Crippen LogP contribution in [0, 0.1) is 5.82 Å². The van der Waals surface area contributed by atoms with Gasteiger partial charge in [0.1, 0.15) is 25.1 Å². The monoisotopic (exact) mass is 422 g/mol. The maximum atomic E-state index is 14.2. The zero-order valence-corrected chi connectivity index (χ0v) is 17.2. The molecule has 7 nitrogen and oxygen atoms in total. The minimum absolute atomic E-state index is 0.176. The Balaban J connectivity index is 1.80. The van der Waals surface area contributed by atoms with Crippen molar-refractivity contribution in [3.63, 3.8) is 0 Å². The molecule has 9 heteroatoms. The van der Waals surface area contributed by atoms with E-state index in [1.165, 1.54) is 25.1 Å². The van der Waals surface area contributed by atoms with E-state index in [0.717, 1.165) is 22.2 Å². The van der Waals surface area contributed by atoms with Crippen LogP contribution in [0.1, 0.15) is 25.5 Å². The summed E-state index contributed by atoms with van der Waals surface area (Å²) in [5.74, 6) is -0.0553. The van der Waals surface area contributed by atoms with Crippen LogP contribution in [0.4, 0.5) is 10.1 Å². The molecule has 2 unspecified atom stereocenters. The van der Waals surface area contributed by atoms with Gasteiger partial charge < -0.3 is 14.8 Å². The molecule has 29 heavy (non-hydrogen) atoms. The van der Waals surface area contributed by atoms with Gasteiger partial charge in [0.05, 0.1) is 18.0 Å². The molecule has 156 valence electrons. The summed E-state index contributed by atoms with van der Waals surface area (Å²) in [6.07, 6.45) is 0.938. The maximum absolute atomic E-state index is 14.2. The molecule has 0 saturated carbocycles. The van der Waals surface area contributed by atoms with Crippen LogP contribution in [-0.4, -0.2) is 39.8 Å². The Hall–Kier alpha value is -2.81. The number of hydrogen-bond acceptors (Lipinski definition) is 5. The van der Waals surface area contributed by atoms with Gasteiger partial charge in [0, 0.05) is 0 Å². The van der Waals surface area contributed by atoms with E-state index < -0.39 is 33.8 Å². The van der Waals surface area contributed by atoms with Gasteiger partial charge in [0.15, 0.2) is 11.5 Å². The summed E-state index contributed by atoms with van der Waals surface area (Å²) in [6.45, 7) is 4.11. The van der Waals surface area contributed by atoms with Crippen LogP contribution in [0.3, 0.4) is 0 Å². The molecule has 0 radical (unpaired) electrons. The van der Waals surface area contributed by atoms with E-state index in [2.05, 4.69) is 5.32 Å². The first-order chi connectivity index (χ1) is 13.7. The van der Waals surface area contributed by atoms with Gasteiger partial charge in [-0.25, -0.2) is 12.8 Å². The summed E-state index contributed by atoms with van der Waals surface area (Å²) in [5, 5.41) is 2.78. The van der Waals surface area contributed by atoms with Crippen molar-refractivity contribution in [1.29, 1.82) is 0 Å². The molecule has 0 spiro atoms. The highest BCUT2D eigenvalue weighted by atomic mass is 32.2. The van der Waals surface area contributed by atoms with Crippen molar-refractivity contribution in [3.8, 4) is 11.5 Å². The fourth-order valence-corrected chi connectivity index (χ4v) is 4.33. The van der Waals surface area contributed by atoms with Gasteiger partial charge in [-0.05, 0) is 43.7 Å². The first kappa shape index (κ1) is 20.9. The van der Waals surface area contributed by atoms with Gasteiger partial charge >= 0.3 is 0 Å². The Bertz CT molecular complexity index is 1010. The number of rotatable bonds is 6. The minimum Gasteiger partial charge on any atom is -0.486 e. The normalized spacial score (nSPS) is 15.3. The molecule has 3 rings (SSSR count). The zero-order valence-electron chi connectivity index (χ0n) is 16.4. The Morgan fingerprint density at radius 1 is 1.10 bits per heavy atom. The van der Waals surface area contributed by atoms with Gasteiger partial charge in [-0.3, -0.25) is 9.10 Å². The van der Waals surface area contributed by atoms with Crippen LogP contribution in [0.25, 0.3) is 0 Å². The number of nitrogens with zero attached hydrogens (tertiary/aromatic N) is 1. The number of benzene rings is 2. The van der Waals surface area contributed by atoms with E-state index in [0.29, 0.717) is 24.7 Å². The van der Waals surface area contributed by atoms with Crippen molar-refractivity contribution in [3.05, 3.63) is 53.8 Å². The van der Waals surface area contributed by atoms with Gasteiger partial charge in [-0.15, -0.1) is 0 Å². The third-order valence-corrected chi connectivity index (χ3v) is 5.83. The minimum atomic E-state index is -3.90. The number of hydrogen-bond donors (Lipinski definition) is 1. The lowest BCUT2D eigenvalue weighted by atomic mass is 10.1. The number of nitrogens with one attached hydrogen (secondary N) is 1. The maximum Gasteiger partial charge on any atom is 0.244 e. The highest BCUT2D eigenvalue weighted by Crippen LogP contribution is 2.32. The van der Waals surface area contributed by atoms with Crippen LogP contribution in [0.5, 0.6) is 11.5 Å². The summed E-state index contributed by atoms with van der Waals surface area (Å²) >= 11 is 0. The predicted octanol–water partition coefficient (Wildman–Crippen LogP) is 2.63. The summed E-state index contributed by atoms with van der Waals surface area (Å²) in [7, 11) is -3.90. The number of carbonyl (C=O) groups is 1. The smallest absolute Gasteiger partial charge is 0.244 e. The molecule has 1 heterocycles. The Kier molecular flexibility index (Phi) is 5.97. The van der Waals surface area contributed by atoms with Gasteiger partial charge in [0.25, 0.3) is 0 Å². The molecule has 2 aromatic carbocycles. The molecule has 1 aliphatic heterocycles. The van der Waals surface area contributed by atoms with Gasteiger partial charge in [-0.1, -0.05) is 18.2 Å². The lowest BCUT2D eigenvalue weighted by Gasteiger charge is -2.29. The van der Waals surface area contributed by atoms with Crippen LogP contribution >= 0.6 is 0 Å². The lowest BCUT2D eigenvalue weighted by Crippen LogP contribution is -2.48. The van der Waals surface area contributed by atoms with Crippen molar-refractivity contribution < 1.29 is 27.1 Å². The molecule has 0 saturated heterocycles. The van der Waals surface area contributed by atoms with E-state index in [9.17, 15) is 17.6 Å². The van der Waals surface area contributed by atoms with E-state index in [1.54, 1.807) is 25.1 Å². The van der Waals surface area contributed by atoms with Gasteiger partial charge in [-0.2, -0.15) is 0 Å². The first-order valence-corrected chi connectivity index (χ1v) is 11.0. The molecule has 2 aromatic rings. The van der Waals surface area contributed by atoms with Crippen LogP contribution in [0.2, 0.25) is 0 Å². The van der Waals surface area contributed by atoms with Crippen molar-refractivity contribution >= 4 is 21.6 Å². The fraction of sp³-hybridized carbons (Fsp3) is 0.350. The molecule has 1 amide bonds. The SMILES string of the molecule is CC(NC(=O)C(C)N(c1ccccc1F)S(C)(=O)=O)c1ccc2c(c1)OCCO2. The third-order valence-electron chi connectivity index (χ3n) is 4.60. The highest BCUT2D eigenvalue weighted by molar-refractivity contribution is 7.92. The van der Waals surface area contributed by atoms with Crippen molar-refractivity contribution in [2.45, 2.75) is 25.9 Å². The average molecular weight is 422 g/mol. The molecule has 2 atom stereocenters. The fourth-order valence-electron chi connectivity index (χ4n) is 3.16. The number of para-hydroxylation sites is 1. The number of anilines is 1. The molecule has 0 aliphatic carbocycles. The number of fused-ring (bicyclic) bond motifs is 1. The van der Waals surface area contributed by atoms with Crippen molar-refractivity contribution in [2.75, 3.05) is 23.8 Å². The first-order valence-electron chi connectivity index (χ1n) is 9.12. The molecule has 1 aliphatic rings. The zero-order chi connectivity index (χ0) is 21.2. The largest absolute Gasteiger partial charge is 0.486 e. The van der Waals surface area contributed by atoms with E-state index in [4.69, 9.17) is 9.47 Å². The van der Waals surface area contributed by atoms with E-state index in [1.807, 2.05) is 0 Å². The predicted molar refractivity (Wildman–Crippen MR) is 107 cm³/mol. The Labute approximate surface area is 169 Å². The molecular formula is C20H23FN2O5S. The molecule has 0 bridgehead atoms. The summed E-state index contributed by atoms with van der Waals surface area (Å²) in [4.78, 5) is 12.8. The van der Waals surface area contributed by atoms with Gasteiger partial charge in [0.2, 0.25) is 15.9 Å². The van der Waals surface area contributed by atoms with Crippen LogP contribution in [0.15, 0.2) is 42.5 Å². The number of amides is 1. The topological polar surface area (TPSA) is 84.9 Å². The summed E-state index contributed by atoms with van der Waals surface area (Å²) in [5.41, 5.74) is 0.594. The molecule has 0 aromatic heterocycles. The third kappa shape index (κ3) is 4.61. The number of sulfonamides is 1. The highest BCUT2D eigenvalue weighted by Gasteiger charge is 2.31. The second kappa shape index (κ2) is 8.28. The van der Waals surface area contributed by atoms with E-state index in [-0.39, 0.29) is 5.69 Å². The van der Waals surface area contributed by atoms with Crippen molar-refractivity contribution in [1.82, 2.24) is 5.32 Å². The second-order valence-corrected chi connectivity index (χ2v) is 8.68. The van der Waals surface area contributed by atoms with Crippen molar-refractivity contribution in [2.24, 2.45) is 0 Å². The summed E-state index contributed by atoms with van der Waals surface area (Å²) in [6, 6.07) is 9.19. The quantitative estimate of drug-likeness (QED) is 0.774. The molecule has 1 N–H and O–H groups in total.